The van der Waals surface area contributed by atoms with Gasteiger partial charge < -0.3 is 29.0 Å². The number of carbonyl (C=O) groups is 2. The van der Waals surface area contributed by atoms with Crippen LogP contribution < -0.4 is 0 Å². The van der Waals surface area contributed by atoms with Crippen molar-refractivity contribution in [1.29, 1.82) is 0 Å². The third kappa shape index (κ3) is 7.68. The first-order valence-electron chi connectivity index (χ1n) is 17.8. The SMILES string of the molecule is CO[C@]1(C)C[C@@H](C)CN(C)[C@H](C2CC3CCC(C2)N3C(C)C)COC(=O)C(C)(C)C(=O)[C@H](C)[C@H]1O[C@@H]1O[C@H](C)C[C@H](N(C)C)[C@H]1O. The van der Waals surface area contributed by atoms with Crippen LogP contribution in [0.15, 0.2) is 0 Å². The van der Waals surface area contributed by atoms with Gasteiger partial charge in [0.1, 0.15) is 18.1 Å². The molecule has 0 aliphatic carbocycles. The number of hydrogen-bond donors (Lipinski definition) is 1. The molecule has 0 saturated carbocycles. The first-order valence-corrected chi connectivity index (χ1v) is 17.8. The summed E-state index contributed by atoms with van der Waals surface area (Å²) in [6.45, 7) is 16.9. The molecular formula is C36H65N3O7. The molecule has 46 heavy (non-hydrogen) atoms. The third-order valence-corrected chi connectivity index (χ3v) is 11.9. The Balaban J connectivity index is 1.65. The smallest absolute Gasteiger partial charge is 0.319 e. The van der Waals surface area contributed by atoms with Crippen molar-refractivity contribution in [3.05, 3.63) is 0 Å². The molecule has 0 aromatic heterocycles. The van der Waals surface area contributed by atoms with E-state index < -0.39 is 41.4 Å². The molecule has 1 N–H and O–H groups in total. The number of aliphatic hydroxyl groups is 1. The minimum absolute atomic E-state index is 0.0592. The van der Waals surface area contributed by atoms with E-state index in [9.17, 15) is 14.7 Å². The van der Waals surface area contributed by atoms with Gasteiger partial charge in [0.2, 0.25) is 0 Å². The number of nitrogens with zero attached hydrogens (tertiary/aromatic N) is 3. The van der Waals surface area contributed by atoms with Crippen molar-refractivity contribution in [3.63, 3.8) is 0 Å². The molecule has 2 bridgehead atoms. The van der Waals surface area contributed by atoms with E-state index in [4.69, 9.17) is 18.9 Å². The lowest BCUT2D eigenvalue weighted by Crippen LogP contribution is -2.59. The van der Waals surface area contributed by atoms with E-state index in [2.05, 4.69) is 37.6 Å². The number of rotatable bonds is 6. The van der Waals surface area contributed by atoms with Gasteiger partial charge in [-0.15, -0.1) is 0 Å². The summed E-state index contributed by atoms with van der Waals surface area (Å²) in [5.41, 5.74) is -2.30. The fraction of sp³-hybridized carbons (Fsp3) is 0.944. The first-order chi connectivity index (χ1) is 21.4. The van der Waals surface area contributed by atoms with Crippen LogP contribution in [0.3, 0.4) is 0 Å². The molecule has 0 radical (unpaired) electrons. The van der Waals surface area contributed by atoms with E-state index in [1.54, 1.807) is 27.9 Å². The standard InChI is InChI=1S/C36H65N3O7/c1-21(2)39-26-13-14-27(39)17-25(16-26)29-20-44-34(42)35(6,7)31(41)24(5)32(36(8,43-12)18-22(3)19-38(29)11)46-33-30(40)28(37(9)10)15-23(4)45-33/h21-30,32-33,40H,13-20H2,1-12H3/t22-,23-,24+,25?,26?,27?,28+,29+,30-,32-,33+,36-/m1/s1. The Morgan fingerprint density at radius 2 is 1.63 bits per heavy atom. The molecule has 11 atom stereocenters. The quantitative estimate of drug-likeness (QED) is 0.336. The third-order valence-electron chi connectivity index (χ3n) is 11.9. The molecule has 2 unspecified atom stereocenters. The lowest BCUT2D eigenvalue weighted by Gasteiger charge is -2.47. The summed E-state index contributed by atoms with van der Waals surface area (Å²) in [5.74, 6) is -0.940. The van der Waals surface area contributed by atoms with Crippen LogP contribution in [0.2, 0.25) is 0 Å². The molecule has 4 aliphatic heterocycles. The summed E-state index contributed by atoms with van der Waals surface area (Å²) < 4.78 is 25.2. The molecule has 4 saturated heterocycles. The van der Waals surface area contributed by atoms with Gasteiger partial charge in [-0.05, 0) is 113 Å². The average Bonchev–Trinajstić information content (AvgIpc) is 3.25. The Morgan fingerprint density at radius 3 is 2.17 bits per heavy atom. The fourth-order valence-electron chi connectivity index (χ4n) is 9.47. The number of ketones is 1. The molecule has 4 fully saturated rings. The van der Waals surface area contributed by atoms with Crippen molar-refractivity contribution in [3.8, 4) is 0 Å². The van der Waals surface area contributed by atoms with Gasteiger partial charge >= 0.3 is 5.97 Å². The Labute approximate surface area is 278 Å². The van der Waals surface area contributed by atoms with Crippen LogP contribution >= 0.6 is 0 Å². The van der Waals surface area contributed by atoms with Gasteiger partial charge in [-0.25, -0.2) is 0 Å². The number of aliphatic hydroxyl groups excluding tert-OH is 1. The summed E-state index contributed by atoms with van der Waals surface area (Å²) >= 11 is 0. The van der Waals surface area contributed by atoms with Crippen LogP contribution in [-0.2, 0) is 28.5 Å². The molecular weight excluding hydrogens is 586 g/mol. The maximum atomic E-state index is 14.3. The van der Waals surface area contributed by atoms with Gasteiger partial charge in [0.15, 0.2) is 12.1 Å². The number of esters is 1. The van der Waals surface area contributed by atoms with Crippen LogP contribution in [0, 0.1) is 23.2 Å². The van der Waals surface area contributed by atoms with E-state index in [-0.39, 0.29) is 36.5 Å². The maximum Gasteiger partial charge on any atom is 0.319 e. The highest BCUT2D eigenvalue weighted by Crippen LogP contribution is 2.43. The number of ether oxygens (including phenoxy) is 4. The molecule has 4 aliphatic rings. The molecule has 0 spiro atoms. The number of piperidine rings is 1. The van der Waals surface area contributed by atoms with E-state index in [0.717, 1.165) is 19.4 Å². The highest BCUT2D eigenvalue weighted by Gasteiger charge is 2.52. The lowest BCUT2D eigenvalue weighted by atomic mass is 9.74. The molecule has 0 amide bonds. The van der Waals surface area contributed by atoms with Gasteiger partial charge in [-0.2, -0.15) is 0 Å². The molecule has 10 nitrogen and oxygen atoms in total. The van der Waals surface area contributed by atoms with Crippen molar-refractivity contribution in [2.45, 2.75) is 154 Å². The number of methoxy groups -OCH3 is 1. The van der Waals surface area contributed by atoms with Crippen LogP contribution in [0.5, 0.6) is 0 Å². The molecule has 4 heterocycles. The predicted molar refractivity (Wildman–Crippen MR) is 178 cm³/mol. The Morgan fingerprint density at radius 1 is 1.02 bits per heavy atom. The number of likely N-dealkylation sites (N-methyl/N-ethyl adjacent to an activating group) is 2. The second kappa shape index (κ2) is 14.8. The van der Waals surface area contributed by atoms with Crippen LogP contribution in [0.1, 0.15) is 93.9 Å². The zero-order chi connectivity index (χ0) is 34.3. The van der Waals surface area contributed by atoms with Gasteiger partial charge in [0.25, 0.3) is 0 Å². The van der Waals surface area contributed by atoms with Crippen molar-refractivity contribution in [1.82, 2.24) is 14.7 Å². The van der Waals surface area contributed by atoms with Crippen LogP contribution in [0.25, 0.3) is 0 Å². The predicted octanol–water partition coefficient (Wildman–Crippen LogP) is 3.97. The first kappa shape index (κ1) is 37.7. The summed E-state index contributed by atoms with van der Waals surface area (Å²) in [6, 6.07) is 1.55. The van der Waals surface area contributed by atoms with Gasteiger partial charge in [-0.1, -0.05) is 13.8 Å². The zero-order valence-corrected chi connectivity index (χ0v) is 30.8. The van der Waals surface area contributed by atoms with E-state index in [1.807, 2.05) is 32.8 Å². The molecule has 0 aromatic carbocycles. The van der Waals surface area contributed by atoms with E-state index >= 15 is 0 Å². The zero-order valence-electron chi connectivity index (χ0n) is 30.8. The molecule has 10 heteroatoms. The lowest BCUT2D eigenvalue weighted by molar-refractivity contribution is -0.295. The van der Waals surface area contributed by atoms with Crippen molar-refractivity contribution in [2.24, 2.45) is 23.2 Å². The number of Topliss-reactive ketones (excluding diaryl/α,β-unsaturated/α-hetero) is 1. The van der Waals surface area contributed by atoms with Gasteiger partial charge in [0.05, 0.1) is 17.8 Å². The van der Waals surface area contributed by atoms with Gasteiger partial charge in [-0.3, -0.25) is 19.4 Å². The number of hydrogen-bond acceptors (Lipinski definition) is 10. The normalized spacial score (nSPS) is 43.7. The van der Waals surface area contributed by atoms with Crippen molar-refractivity contribution in [2.75, 3.05) is 41.4 Å². The van der Waals surface area contributed by atoms with Crippen LogP contribution in [0.4, 0.5) is 0 Å². The number of cyclic esters (lactones) is 1. The van der Waals surface area contributed by atoms with E-state index in [0.29, 0.717) is 36.9 Å². The second-order valence-electron chi connectivity index (χ2n) is 16.5. The highest BCUT2D eigenvalue weighted by atomic mass is 16.7. The topological polar surface area (TPSA) is 101 Å². The number of fused-ring (bicyclic) bond motifs is 2. The summed E-state index contributed by atoms with van der Waals surface area (Å²) in [6.07, 6.45) is 3.12. The van der Waals surface area contributed by atoms with Gasteiger partial charge in [0, 0.05) is 49.8 Å². The second-order valence-corrected chi connectivity index (χ2v) is 16.5. The summed E-state index contributed by atoms with van der Waals surface area (Å²) in [5, 5.41) is 11.4. The van der Waals surface area contributed by atoms with E-state index in [1.165, 1.54) is 12.8 Å². The average molecular weight is 652 g/mol. The molecule has 266 valence electrons. The minimum Gasteiger partial charge on any atom is -0.463 e. The van der Waals surface area contributed by atoms with Crippen molar-refractivity contribution < 1.29 is 33.6 Å². The minimum atomic E-state index is -1.40. The monoisotopic (exact) mass is 651 g/mol. The fourth-order valence-corrected chi connectivity index (χ4v) is 9.47. The largest absolute Gasteiger partial charge is 0.463 e. The summed E-state index contributed by atoms with van der Waals surface area (Å²) in [7, 11) is 7.68. The highest BCUT2D eigenvalue weighted by molar-refractivity contribution is 6.04. The maximum absolute atomic E-state index is 14.3. The van der Waals surface area contributed by atoms with Crippen LogP contribution in [-0.4, -0.2) is 133 Å². The molecule has 0 aromatic rings. The Bertz CT molecular complexity index is 1040. The molecule has 4 rings (SSSR count). The summed E-state index contributed by atoms with van der Waals surface area (Å²) in [4.78, 5) is 35.2. The Hall–Kier alpha value is -1.14. The Kier molecular flexibility index (Phi) is 12.1. The van der Waals surface area contributed by atoms with Crippen molar-refractivity contribution >= 4 is 11.8 Å². The number of carbonyl (C=O) groups excluding carboxylic acids is 2.